The lowest BCUT2D eigenvalue weighted by Crippen LogP contribution is -2.62. The largest absolute Gasteiger partial charge is 0.497 e. The summed E-state index contributed by atoms with van der Waals surface area (Å²) < 4.78 is 10.5. The third kappa shape index (κ3) is 2.61. The van der Waals surface area contributed by atoms with Gasteiger partial charge in [-0.25, -0.2) is 0 Å². The van der Waals surface area contributed by atoms with Crippen molar-refractivity contribution >= 4 is 23.3 Å². The molecule has 0 heterocycles. The fourth-order valence-electron chi connectivity index (χ4n) is 3.79. The van der Waals surface area contributed by atoms with Gasteiger partial charge in [-0.2, -0.15) is 0 Å². The van der Waals surface area contributed by atoms with Crippen molar-refractivity contribution in [2.24, 2.45) is 11.3 Å². The maximum atomic E-state index is 13.0. The predicted octanol–water partition coefficient (Wildman–Crippen LogP) is 3.81. The van der Waals surface area contributed by atoms with Crippen LogP contribution in [0.4, 0.5) is 0 Å². The van der Waals surface area contributed by atoms with Crippen LogP contribution in [0.2, 0.25) is 0 Å². The summed E-state index contributed by atoms with van der Waals surface area (Å²) in [5.41, 5.74) is 1.37. The smallest absolute Gasteiger partial charge is 0.205 e. The van der Waals surface area contributed by atoms with E-state index < -0.39 is 5.41 Å². The third-order valence-corrected chi connectivity index (χ3v) is 6.61. The molecule has 0 N–H and O–H groups in total. The first-order chi connectivity index (χ1) is 11.8. The fraction of sp³-hybridized carbons (Fsp3) is 0.400. The number of hydrogen-bond acceptors (Lipinski definition) is 5. The highest BCUT2D eigenvalue weighted by molar-refractivity contribution is 8.00. The van der Waals surface area contributed by atoms with E-state index in [1.54, 1.807) is 18.9 Å². The number of carbonyl (C=O) groups excluding carboxylic acids is 2. The number of hydrogen-bond donors (Lipinski definition) is 0. The molecule has 2 aliphatic rings. The molecule has 3 atom stereocenters. The summed E-state index contributed by atoms with van der Waals surface area (Å²) >= 11 is 1.61. The number of rotatable bonds is 4. The Balaban J connectivity index is 2.03. The summed E-state index contributed by atoms with van der Waals surface area (Å²) in [5.74, 6) is 0.413. The highest BCUT2D eigenvalue weighted by Crippen LogP contribution is 2.62. The molecule has 25 heavy (non-hydrogen) atoms. The molecule has 0 bridgehead atoms. The van der Waals surface area contributed by atoms with Gasteiger partial charge in [0, 0.05) is 16.2 Å². The minimum absolute atomic E-state index is 0.0438. The average Bonchev–Trinajstić information content (AvgIpc) is 2.59. The van der Waals surface area contributed by atoms with Crippen LogP contribution in [-0.2, 0) is 14.3 Å². The molecule has 4 nitrogen and oxygen atoms in total. The highest BCUT2D eigenvalue weighted by Gasteiger charge is 2.65. The van der Waals surface area contributed by atoms with E-state index in [4.69, 9.17) is 9.47 Å². The highest BCUT2D eigenvalue weighted by atomic mass is 32.2. The Labute approximate surface area is 152 Å². The SMILES string of the molecule is COC1=CC(=O)[C@@H]2C(=C(C)C)[C@@H](Sc3cccc(OC)c3)[C@]2(C)C1=O. The molecule has 1 aromatic rings. The molecule has 0 amide bonds. The number of benzene rings is 1. The summed E-state index contributed by atoms with van der Waals surface area (Å²) in [4.78, 5) is 26.6. The third-order valence-electron chi connectivity index (χ3n) is 5.10. The van der Waals surface area contributed by atoms with Gasteiger partial charge in [0.25, 0.3) is 0 Å². The van der Waals surface area contributed by atoms with Gasteiger partial charge in [0.2, 0.25) is 5.78 Å². The van der Waals surface area contributed by atoms with Crippen LogP contribution >= 0.6 is 11.8 Å². The van der Waals surface area contributed by atoms with Crippen molar-refractivity contribution in [3.63, 3.8) is 0 Å². The molecule has 0 spiro atoms. The Morgan fingerprint density at radius 2 is 1.88 bits per heavy atom. The zero-order chi connectivity index (χ0) is 18.4. The number of ether oxygens (including phenoxy) is 2. The molecule has 0 saturated heterocycles. The lowest BCUT2D eigenvalue weighted by atomic mass is 9.51. The van der Waals surface area contributed by atoms with Crippen LogP contribution in [0.1, 0.15) is 20.8 Å². The van der Waals surface area contributed by atoms with Crippen molar-refractivity contribution in [1.29, 1.82) is 0 Å². The summed E-state index contributed by atoms with van der Waals surface area (Å²) in [6.45, 7) is 5.89. The second-order valence-electron chi connectivity index (χ2n) is 6.79. The molecule has 1 fully saturated rings. The Morgan fingerprint density at radius 3 is 2.48 bits per heavy atom. The second-order valence-corrected chi connectivity index (χ2v) is 7.97. The summed E-state index contributed by atoms with van der Waals surface area (Å²) in [6, 6.07) is 7.76. The van der Waals surface area contributed by atoms with Gasteiger partial charge < -0.3 is 9.47 Å². The second kappa shape index (κ2) is 6.37. The minimum atomic E-state index is -0.780. The maximum absolute atomic E-state index is 13.0. The van der Waals surface area contributed by atoms with E-state index in [0.29, 0.717) is 0 Å². The van der Waals surface area contributed by atoms with Crippen molar-refractivity contribution < 1.29 is 19.1 Å². The van der Waals surface area contributed by atoms with Crippen molar-refractivity contribution in [1.82, 2.24) is 0 Å². The Hall–Kier alpha value is -2.01. The van der Waals surface area contributed by atoms with Crippen LogP contribution in [0.25, 0.3) is 0 Å². The zero-order valence-electron chi connectivity index (χ0n) is 15.1. The predicted molar refractivity (Wildman–Crippen MR) is 97.7 cm³/mol. The van der Waals surface area contributed by atoms with Gasteiger partial charge in [-0.05, 0) is 44.5 Å². The summed E-state index contributed by atoms with van der Waals surface area (Å²) in [6.07, 6.45) is 1.35. The normalized spacial score (nSPS) is 28.0. The van der Waals surface area contributed by atoms with E-state index in [-0.39, 0.29) is 28.5 Å². The molecule has 0 unspecified atom stereocenters. The Kier molecular flexibility index (Phi) is 4.54. The molecular weight excluding hydrogens is 336 g/mol. The van der Waals surface area contributed by atoms with E-state index >= 15 is 0 Å². The maximum Gasteiger partial charge on any atom is 0.205 e. The van der Waals surface area contributed by atoms with Crippen molar-refractivity contribution in [2.75, 3.05) is 14.2 Å². The van der Waals surface area contributed by atoms with Gasteiger partial charge >= 0.3 is 0 Å². The van der Waals surface area contributed by atoms with Gasteiger partial charge in [-0.3, -0.25) is 9.59 Å². The fourth-order valence-corrected chi connectivity index (χ4v) is 5.39. The minimum Gasteiger partial charge on any atom is -0.497 e. The molecule has 2 aliphatic carbocycles. The molecule has 1 aromatic carbocycles. The number of ketones is 2. The number of fused-ring (bicyclic) bond motifs is 1. The Morgan fingerprint density at radius 1 is 1.16 bits per heavy atom. The first-order valence-corrected chi connectivity index (χ1v) is 9.04. The van der Waals surface area contributed by atoms with Crippen LogP contribution in [0, 0.1) is 11.3 Å². The molecule has 132 valence electrons. The lowest BCUT2D eigenvalue weighted by Gasteiger charge is -2.55. The molecular formula is C20H22O4S. The number of allylic oxidation sites excluding steroid dienone is 3. The lowest BCUT2D eigenvalue weighted by molar-refractivity contribution is -0.141. The van der Waals surface area contributed by atoms with Crippen LogP contribution in [-0.4, -0.2) is 31.0 Å². The van der Waals surface area contributed by atoms with E-state index in [9.17, 15) is 9.59 Å². The molecule has 3 rings (SSSR count). The summed E-state index contributed by atoms with van der Waals surface area (Å²) in [7, 11) is 3.07. The van der Waals surface area contributed by atoms with Gasteiger partial charge in [-0.15, -0.1) is 11.8 Å². The number of methoxy groups -OCH3 is 2. The average molecular weight is 358 g/mol. The molecule has 5 heteroatoms. The molecule has 1 saturated carbocycles. The first kappa shape index (κ1) is 17.8. The van der Waals surface area contributed by atoms with Gasteiger partial charge in [-0.1, -0.05) is 11.6 Å². The van der Waals surface area contributed by atoms with Crippen LogP contribution in [0.3, 0.4) is 0 Å². The van der Waals surface area contributed by atoms with Crippen LogP contribution in [0.15, 0.2) is 52.1 Å². The molecule has 0 aromatic heterocycles. The van der Waals surface area contributed by atoms with Crippen LogP contribution < -0.4 is 4.74 Å². The summed E-state index contributed by atoms with van der Waals surface area (Å²) in [5, 5.41) is -0.0927. The van der Waals surface area contributed by atoms with Crippen molar-refractivity contribution in [2.45, 2.75) is 30.9 Å². The monoisotopic (exact) mass is 358 g/mol. The standard InChI is InChI=1S/C20H22O4S/c1-11(2)16-17-14(21)10-15(24-5)18(22)20(17,3)19(16)25-13-8-6-7-12(9-13)23-4/h6-10,17,19H,1-5H3/t17-,19-,20+/m1/s1. The van der Waals surface area contributed by atoms with E-state index in [1.807, 2.05) is 45.0 Å². The zero-order valence-corrected chi connectivity index (χ0v) is 15.9. The van der Waals surface area contributed by atoms with E-state index in [2.05, 4.69) is 0 Å². The number of thioether (sulfide) groups is 1. The van der Waals surface area contributed by atoms with Gasteiger partial charge in [0.15, 0.2) is 11.5 Å². The van der Waals surface area contributed by atoms with Crippen LogP contribution in [0.5, 0.6) is 5.75 Å². The quantitative estimate of drug-likeness (QED) is 0.766. The van der Waals surface area contributed by atoms with E-state index in [1.165, 1.54) is 13.2 Å². The topological polar surface area (TPSA) is 52.6 Å². The van der Waals surface area contributed by atoms with Gasteiger partial charge in [0.05, 0.1) is 25.6 Å². The molecule has 0 aliphatic heterocycles. The Bertz CT molecular complexity index is 804. The van der Waals surface area contributed by atoms with E-state index in [0.717, 1.165) is 21.8 Å². The first-order valence-electron chi connectivity index (χ1n) is 8.16. The number of Topliss-reactive ketones (excluding diaryl/α,β-unsaturated/α-hetero) is 1. The van der Waals surface area contributed by atoms with Crippen molar-refractivity contribution in [3.05, 3.63) is 47.2 Å². The van der Waals surface area contributed by atoms with Crippen molar-refractivity contribution in [3.8, 4) is 5.75 Å². The molecule has 0 radical (unpaired) electrons. The van der Waals surface area contributed by atoms with Gasteiger partial charge in [0.1, 0.15) is 5.75 Å². The number of carbonyl (C=O) groups is 2.